The van der Waals surface area contributed by atoms with Gasteiger partial charge in [0.2, 0.25) is 0 Å². The predicted octanol–water partition coefficient (Wildman–Crippen LogP) is 3.96. The average Bonchev–Trinajstić information content (AvgIpc) is 2.72. The van der Waals surface area contributed by atoms with E-state index in [1.165, 1.54) is 0 Å². The third-order valence-corrected chi connectivity index (χ3v) is 4.31. The first kappa shape index (κ1) is 23.7. The number of hydrogen-bond donors (Lipinski definition) is 3. The molecule has 0 fully saturated rings. The van der Waals surface area contributed by atoms with Crippen molar-refractivity contribution in [3.63, 3.8) is 0 Å². The van der Waals surface area contributed by atoms with Crippen LogP contribution >= 0.6 is 0 Å². The molecule has 31 heavy (non-hydrogen) atoms. The molecular formula is C23H30N4O4. The number of carbonyl (C=O) groups is 3. The largest absolute Gasteiger partial charge is 0.462 e. The fraction of sp³-hybridized carbons (Fsp3) is 0.348. The SMILES string of the molecule is CCOC(=O)c1ccc(NC(=O)Nc2ccc(N(C)C)c(C(=O)NCC(C)C)c2)cc1. The molecule has 0 saturated heterocycles. The van der Waals surface area contributed by atoms with Crippen LogP contribution in [0.3, 0.4) is 0 Å². The summed E-state index contributed by atoms with van der Waals surface area (Å²) in [5, 5.41) is 8.34. The highest BCUT2D eigenvalue weighted by molar-refractivity contribution is 6.04. The summed E-state index contributed by atoms with van der Waals surface area (Å²) in [5.41, 5.74) is 2.64. The fourth-order valence-corrected chi connectivity index (χ4v) is 2.78. The molecule has 0 aliphatic carbocycles. The van der Waals surface area contributed by atoms with Crippen molar-refractivity contribution in [3.05, 3.63) is 53.6 Å². The van der Waals surface area contributed by atoms with E-state index in [2.05, 4.69) is 16.0 Å². The maximum atomic E-state index is 12.6. The lowest BCUT2D eigenvalue weighted by atomic mass is 10.1. The monoisotopic (exact) mass is 426 g/mol. The van der Waals surface area contributed by atoms with Crippen LogP contribution < -0.4 is 20.9 Å². The van der Waals surface area contributed by atoms with Crippen LogP contribution in [-0.4, -0.2) is 45.2 Å². The Labute approximate surface area is 183 Å². The topological polar surface area (TPSA) is 99.8 Å². The van der Waals surface area contributed by atoms with E-state index in [4.69, 9.17) is 4.74 Å². The Balaban J connectivity index is 2.09. The van der Waals surface area contributed by atoms with Gasteiger partial charge in [-0.2, -0.15) is 0 Å². The average molecular weight is 427 g/mol. The van der Waals surface area contributed by atoms with Crippen LogP contribution in [0.15, 0.2) is 42.5 Å². The Hall–Kier alpha value is -3.55. The Morgan fingerprint density at radius 1 is 0.968 bits per heavy atom. The molecule has 0 bridgehead atoms. The minimum absolute atomic E-state index is 0.198. The molecule has 2 aromatic rings. The van der Waals surface area contributed by atoms with Gasteiger partial charge in [-0.3, -0.25) is 4.79 Å². The maximum absolute atomic E-state index is 12.6. The molecule has 0 atom stereocenters. The highest BCUT2D eigenvalue weighted by Gasteiger charge is 2.15. The molecule has 0 aromatic heterocycles. The summed E-state index contributed by atoms with van der Waals surface area (Å²) in [5.74, 6) is -0.284. The third kappa shape index (κ3) is 7.02. The molecule has 3 N–H and O–H groups in total. The molecule has 0 unspecified atom stereocenters. The molecule has 0 spiro atoms. The van der Waals surface area contributed by atoms with Gasteiger partial charge in [0.05, 0.1) is 17.7 Å². The van der Waals surface area contributed by atoms with E-state index < -0.39 is 12.0 Å². The number of anilines is 3. The molecule has 0 saturated carbocycles. The quantitative estimate of drug-likeness (QED) is 0.555. The van der Waals surface area contributed by atoms with Crippen LogP contribution in [0, 0.1) is 5.92 Å². The van der Waals surface area contributed by atoms with E-state index in [0.717, 1.165) is 5.69 Å². The van der Waals surface area contributed by atoms with Gasteiger partial charge < -0.3 is 25.6 Å². The Morgan fingerprint density at radius 3 is 2.16 bits per heavy atom. The number of amides is 3. The summed E-state index contributed by atoms with van der Waals surface area (Å²) in [4.78, 5) is 38.6. The summed E-state index contributed by atoms with van der Waals surface area (Å²) in [7, 11) is 3.71. The van der Waals surface area contributed by atoms with Crippen molar-refractivity contribution in [2.75, 3.05) is 42.8 Å². The second-order valence-corrected chi connectivity index (χ2v) is 7.61. The van der Waals surface area contributed by atoms with E-state index in [1.54, 1.807) is 49.4 Å². The van der Waals surface area contributed by atoms with Gasteiger partial charge in [0.25, 0.3) is 5.91 Å². The fourth-order valence-electron chi connectivity index (χ4n) is 2.78. The summed E-state index contributed by atoms with van der Waals surface area (Å²) < 4.78 is 4.94. The standard InChI is InChI=1S/C23H30N4O4/c1-6-31-22(29)16-7-9-17(10-8-16)25-23(30)26-18-11-12-20(27(4)5)19(13-18)21(28)24-14-15(2)3/h7-13,15H,6,14H2,1-5H3,(H,24,28)(H2,25,26,30). The Morgan fingerprint density at radius 2 is 1.58 bits per heavy atom. The van der Waals surface area contributed by atoms with Gasteiger partial charge >= 0.3 is 12.0 Å². The summed E-state index contributed by atoms with van der Waals surface area (Å²) in [6.45, 7) is 6.64. The zero-order valence-corrected chi connectivity index (χ0v) is 18.6. The minimum Gasteiger partial charge on any atom is -0.462 e. The number of rotatable bonds is 8. The maximum Gasteiger partial charge on any atom is 0.338 e. The van der Waals surface area contributed by atoms with E-state index in [9.17, 15) is 14.4 Å². The molecule has 0 aliphatic rings. The smallest absolute Gasteiger partial charge is 0.338 e. The molecule has 0 aliphatic heterocycles. The summed E-state index contributed by atoms with van der Waals surface area (Å²) >= 11 is 0. The number of hydrogen-bond acceptors (Lipinski definition) is 5. The van der Waals surface area contributed by atoms with Crippen LogP contribution in [0.1, 0.15) is 41.5 Å². The van der Waals surface area contributed by atoms with Gasteiger partial charge in [0.1, 0.15) is 0 Å². The number of benzene rings is 2. The van der Waals surface area contributed by atoms with Crippen LogP contribution in [0.4, 0.5) is 21.9 Å². The van der Waals surface area contributed by atoms with E-state index in [1.807, 2.05) is 32.8 Å². The van der Waals surface area contributed by atoms with E-state index in [-0.39, 0.29) is 5.91 Å². The number of carbonyl (C=O) groups excluding carboxylic acids is 3. The number of nitrogens with one attached hydrogen (secondary N) is 3. The molecule has 2 rings (SSSR count). The van der Waals surface area contributed by atoms with E-state index in [0.29, 0.717) is 41.6 Å². The van der Waals surface area contributed by atoms with Crippen LogP contribution in [-0.2, 0) is 4.74 Å². The van der Waals surface area contributed by atoms with Crippen LogP contribution in [0.5, 0.6) is 0 Å². The lowest BCUT2D eigenvalue weighted by Gasteiger charge is -2.19. The van der Waals surface area contributed by atoms with Gasteiger partial charge in [-0.1, -0.05) is 13.8 Å². The molecule has 8 heteroatoms. The van der Waals surface area contributed by atoms with Crippen molar-refractivity contribution in [2.45, 2.75) is 20.8 Å². The number of urea groups is 1. The van der Waals surface area contributed by atoms with Crippen molar-refractivity contribution < 1.29 is 19.1 Å². The molecule has 0 heterocycles. The Kier molecular flexibility index (Phi) is 8.43. The van der Waals surface area contributed by atoms with Crippen molar-refractivity contribution in [3.8, 4) is 0 Å². The second kappa shape index (κ2) is 11.0. The molecule has 3 amide bonds. The molecule has 8 nitrogen and oxygen atoms in total. The minimum atomic E-state index is -0.463. The highest BCUT2D eigenvalue weighted by atomic mass is 16.5. The van der Waals surface area contributed by atoms with Crippen molar-refractivity contribution in [1.82, 2.24) is 5.32 Å². The van der Waals surface area contributed by atoms with Crippen molar-refractivity contribution in [2.24, 2.45) is 5.92 Å². The zero-order chi connectivity index (χ0) is 23.0. The van der Waals surface area contributed by atoms with Crippen LogP contribution in [0.2, 0.25) is 0 Å². The first-order valence-corrected chi connectivity index (χ1v) is 10.2. The van der Waals surface area contributed by atoms with Gasteiger partial charge in [0, 0.05) is 37.7 Å². The van der Waals surface area contributed by atoms with Crippen molar-refractivity contribution in [1.29, 1.82) is 0 Å². The lowest BCUT2D eigenvalue weighted by molar-refractivity contribution is 0.0526. The zero-order valence-electron chi connectivity index (χ0n) is 18.6. The normalized spacial score (nSPS) is 10.4. The predicted molar refractivity (Wildman–Crippen MR) is 123 cm³/mol. The van der Waals surface area contributed by atoms with Gasteiger partial charge in [-0.05, 0) is 55.3 Å². The molecule has 166 valence electrons. The first-order valence-electron chi connectivity index (χ1n) is 10.2. The first-order chi connectivity index (χ1) is 14.7. The second-order valence-electron chi connectivity index (χ2n) is 7.61. The van der Waals surface area contributed by atoms with Gasteiger partial charge in [-0.25, -0.2) is 9.59 Å². The van der Waals surface area contributed by atoms with E-state index >= 15 is 0 Å². The Bertz CT molecular complexity index is 924. The van der Waals surface area contributed by atoms with Gasteiger partial charge in [0.15, 0.2) is 0 Å². The van der Waals surface area contributed by atoms with Crippen LogP contribution in [0.25, 0.3) is 0 Å². The third-order valence-electron chi connectivity index (χ3n) is 4.31. The number of ether oxygens (including phenoxy) is 1. The molecule has 2 aromatic carbocycles. The molecule has 0 radical (unpaired) electrons. The highest BCUT2D eigenvalue weighted by Crippen LogP contribution is 2.23. The summed E-state index contributed by atoms with van der Waals surface area (Å²) in [6, 6.07) is 11.1. The molecular weight excluding hydrogens is 396 g/mol. The summed E-state index contributed by atoms with van der Waals surface area (Å²) in [6.07, 6.45) is 0. The lowest BCUT2D eigenvalue weighted by Crippen LogP contribution is -2.29. The number of esters is 1. The van der Waals surface area contributed by atoms with Gasteiger partial charge in [-0.15, -0.1) is 0 Å². The van der Waals surface area contributed by atoms with Crippen molar-refractivity contribution >= 4 is 35.0 Å². The number of nitrogens with zero attached hydrogens (tertiary/aromatic N) is 1.